The van der Waals surface area contributed by atoms with Gasteiger partial charge in [0, 0.05) is 11.6 Å². The number of nitriles is 1. The van der Waals surface area contributed by atoms with Crippen LogP contribution in [0.5, 0.6) is 5.75 Å². The number of nitrogens with two attached hydrogens (primary N) is 1. The Morgan fingerprint density at radius 1 is 1.67 bits per heavy atom. The standard InChI is InChI=1S/C11H11FN2O3.ClH/c1-17-10(15)4-9(14)7-2-6(5-13)3-8(12)11(7)16;/h2-3,9,16H,4,14H2,1H3;1H/t9-;/m1./s1. The van der Waals surface area contributed by atoms with Gasteiger partial charge in [-0.15, -0.1) is 12.4 Å². The van der Waals surface area contributed by atoms with Gasteiger partial charge in [0.1, 0.15) is 0 Å². The number of carbonyl (C=O) groups is 1. The zero-order valence-electron chi connectivity index (χ0n) is 9.51. The molecule has 0 amide bonds. The zero-order valence-corrected chi connectivity index (χ0v) is 10.3. The summed E-state index contributed by atoms with van der Waals surface area (Å²) >= 11 is 0. The molecule has 0 fully saturated rings. The Hall–Kier alpha value is -1.84. The number of aromatic hydroxyl groups is 1. The van der Waals surface area contributed by atoms with E-state index in [4.69, 9.17) is 11.0 Å². The van der Waals surface area contributed by atoms with Crippen LogP contribution in [0.2, 0.25) is 0 Å². The van der Waals surface area contributed by atoms with Crippen molar-refractivity contribution in [2.45, 2.75) is 12.5 Å². The Bertz CT molecular complexity index is 488. The normalized spacial score (nSPS) is 11.0. The van der Waals surface area contributed by atoms with Gasteiger partial charge in [0.05, 0.1) is 25.2 Å². The third kappa shape index (κ3) is 3.58. The summed E-state index contributed by atoms with van der Waals surface area (Å²) in [6.07, 6.45) is -0.210. The number of methoxy groups -OCH3 is 1. The SMILES string of the molecule is COC(=O)C[C@@H](N)c1cc(C#N)cc(F)c1O.Cl. The van der Waals surface area contributed by atoms with E-state index in [1.807, 2.05) is 0 Å². The van der Waals surface area contributed by atoms with Crippen LogP contribution in [0.1, 0.15) is 23.6 Å². The molecule has 1 aromatic carbocycles. The third-order valence-electron chi connectivity index (χ3n) is 2.24. The highest BCUT2D eigenvalue weighted by Crippen LogP contribution is 2.29. The topological polar surface area (TPSA) is 96.3 Å². The largest absolute Gasteiger partial charge is 0.505 e. The van der Waals surface area contributed by atoms with Gasteiger partial charge in [-0.1, -0.05) is 0 Å². The monoisotopic (exact) mass is 274 g/mol. The van der Waals surface area contributed by atoms with E-state index in [0.29, 0.717) is 0 Å². The number of rotatable bonds is 3. The number of phenols is 1. The molecule has 0 bridgehead atoms. The summed E-state index contributed by atoms with van der Waals surface area (Å²) < 4.78 is 17.6. The molecule has 1 rings (SSSR count). The van der Waals surface area contributed by atoms with Crippen molar-refractivity contribution in [3.63, 3.8) is 0 Å². The molecule has 7 heteroatoms. The Kier molecular flexibility index (Phi) is 6.09. The molecular weight excluding hydrogens is 263 g/mol. The van der Waals surface area contributed by atoms with Gasteiger partial charge in [-0.05, 0) is 12.1 Å². The summed E-state index contributed by atoms with van der Waals surface area (Å²) in [7, 11) is 1.20. The van der Waals surface area contributed by atoms with Crippen molar-refractivity contribution in [3.8, 4) is 11.8 Å². The van der Waals surface area contributed by atoms with Gasteiger partial charge in [0.25, 0.3) is 0 Å². The van der Waals surface area contributed by atoms with Gasteiger partial charge < -0.3 is 15.6 Å². The second kappa shape index (κ2) is 6.79. The van der Waals surface area contributed by atoms with E-state index in [1.54, 1.807) is 6.07 Å². The molecule has 98 valence electrons. The Morgan fingerprint density at radius 2 is 2.28 bits per heavy atom. The molecule has 1 atom stereocenters. The zero-order chi connectivity index (χ0) is 13.0. The molecule has 0 aliphatic heterocycles. The summed E-state index contributed by atoms with van der Waals surface area (Å²) in [4.78, 5) is 11.0. The smallest absolute Gasteiger partial charge is 0.307 e. The van der Waals surface area contributed by atoms with Crippen molar-refractivity contribution < 1.29 is 19.0 Å². The fraction of sp³-hybridized carbons (Fsp3) is 0.273. The van der Waals surface area contributed by atoms with Crippen molar-refractivity contribution >= 4 is 18.4 Å². The van der Waals surface area contributed by atoms with E-state index in [1.165, 1.54) is 13.2 Å². The third-order valence-corrected chi connectivity index (χ3v) is 2.24. The first-order chi connectivity index (χ1) is 7.99. The maximum Gasteiger partial charge on any atom is 0.307 e. The van der Waals surface area contributed by atoms with Gasteiger partial charge in [-0.25, -0.2) is 4.39 Å². The number of halogens is 2. The first-order valence-corrected chi connectivity index (χ1v) is 4.74. The summed E-state index contributed by atoms with van der Waals surface area (Å²) in [5.74, 6) is -2.18. The second-order valence-electron chi connectivity index (χ2n) is 3.39. The van der Waals surface area contributed by atoms with Crippen LogP contribution >= 0.6 is 12.4 Å². The molecule has 0 saturated heterocycles. The van der Waals surface area contributed by atoms with Crippen molar-refractivity contribution in [1.29, 1.82) is 5.26 Å². The van der Waals surface area contributed by atoms with Crippen LogP contribution in [0.25, 0.3) is 0 Å². The lowest BCUT2D eigenvalue weighted by Gasteiger charge is -2.13. The maximum atomic E-state index is 13.2. The number of esters is 1. The second-order valence-corrected chi connectivity index (χ2v) is 3.39. The number of hydrogen-bond donors (Lipinski definition) is 2. The first-order valence-electron chi connectivity index (χ1n) is 4.74. The van der Waals surface area contributed by atoms with Gasteiger partial charge >= 0.3 is 5.97 Å². The first kappa shape index (κ1) is 16.2. The molecule has 0 heterocycles. The molecule has 0 unspecified atom stereocenters. The van der Waals surface area contributed by atoms with Crippen LogP contribution in [0.15, 0.2) is 12.1 Å². The molecular formula is C11H12ClFN2O3. The van der Waals surface area contributed by atoms with Crippen LogP contribution in [0.3, 0.4) is 0 Å². The highest BCUT2D eigenvalue weighted by atomic mass is 35.5. The molecule has 0 radical (unpaired) electrons. The molecule has 0 aromatic heterocycles. The minimum absolute atomic E-state index is 0. The molecule has 0 spiro atoms. The Morgan fingerprint density at radius 3 is 2.78 bits per heavy atom. The van der Waals surface area contributed by atoms with Gasteiger partial charge in [-0.2, -0.15) is 5.26 Å². The molecule has 3 N–H and O–H groups in total. The number of ether oxygens (including phenoxy) is 1. The summed E-state index contributed by atoms with van der Waals surface area (Å²) in [6, 6.07) is 2.94. The number of carbonyl (C=O) groups excluding carboxylic acids is 1. The van der Waals surface area contributed by atoms with Crippen LogP contribution < -0.4 is 5.73 Å². The number of nitrogens with zero attached hydrogens (tertiary/aromatic N) is 1. The molecule has 1 aromatic rings. The van der Waals surface area contributed by atoms with Crippen molar-refractivity contribution in [2.24, 2.45) is 5.73 Å². The van der Waals surface area contributed by atoms with E-state index < -0.39 is 23.6 Å². The minimum atomic E-state index is -0.945. The predicted molar refractivity (Wildman–Crippen MR) is 63.6 cm³/mol. The predicted octanol–water partition coefficient (Wildman–Crippen LogP) is 1.39. The Labute approximate surface area is 109 Å². The number of benzene rings is 1. The fourth-order valence-corrected chi connectivity index (χ4v) is 1.34. The van der Waals surface area contributed by atoms with E-state index >= 15 is 0 Å². The van der Waals surface area contributed by atoms with E-state index in [9.17, 15) is 14.3 Å². The van der Waals surface area contributed by atoms with Crippen LogP contribution in [-0.2, 0) is 9.53 Å². The molecule has 0 aliphatic carbocycles. The number of hydrogen-bond acceptors (Lipinski definition) is 5. The summed E-state index contributed by atoms with van der Waals surface area (Å²) in [5.41, 5.74) is 5.66. The van der Waals surface area contributed by atoms with Crippen molar-refractivity contribution in [3.05, 3.63) is 29.1 Å². The van der Waals surface area contributed by atoms with Crippen LogP contribution in [0.4, 0.5) is 4.39 Å². The lowest BCUT2D eigenvalue weighted by atomic mass is 10.0. The highest BCUT2D eigenvalue weighted by molar-refractivity contribution is 5.85. The minimum Gasteiger partial charge on any atom is -0.505 e. The molecule has 5 nitrogen and oxygen atoms in total. The Balaban J connectivity index is 0.00000289. The quantitative estimate of drug-likeness (QED) is 0.812. The van der Waals surface area contributed by atoms with E-state index in [0.717, 1.165) is 6.07 Å². The van der Waals surface area contributed by atoms with E-state index in [2.05, 4.69) is 4.74 Å². The molecule has 0 aliphatic rings. The van der Waals surface area contributed by atoms with E-state index in [-0.39, 0.29) is 30.0 Å². The summed E-state index contributed by atoms with van der Waals surface area (Å²) in [5, 5.41) is 18.1. The lowest BCUT2D eigenvalue weighted by Crippen LogP contribution is -2.17. The van der Waals surface area contributed by atoms with Crippen molar-refractivity contribution in [2.75, 3.05) is 7.11 Å². The van der Waals surface area contributed by atoms with Gasteiger partial charge in [0.15, 0.2) is 11.6 Å². The molecule has 0 saturated carbocycles. The maximum absolute atomic E-state index is 13.2. The lowest BCUT2D eigenvalue weighted by molar-refractivity contribution is -0.141. The average Bonchev–Trinajstić information content (AvgIpc) is 2.31. The van der Waals surface area contributed by atoms with Gasteiger partial charge in [0.2, 0.25) is 0 Å². The van der Waals surface area contributed by atoms with Crippen LogP contribution in [0, 0.1) is 17.1 Å². The average molecular weight is 275 g/mol. The number of phenolic OH excluding ortho intramolecular Hbond substituents is 1. The van der Waals surface area contributed by atoms with Crippen LogP contribution in [-0.4, -0.2) is 18.2 Å². The molecule has 18 heavy (non-hydrogen) atoms. The van der Waals surface area contributed by atoms with Crippen molar-refractivity contribution in [1.82, 2.24) is 0 Å². The fourth-order valence-electron chi connectivity index (χ4n) is 1.34. The van der Waals surface area contributed by atoms with Gasteiger partial charge in [-0.3, -0.25) is 4.79 Å². The summed E-state index contributed by atoms with van der Waals surface area (Å²) in [6.45, 7) is 0. The highest BCUT2D eigenvalue weighted by Gasteiger charge is 2.19.